The maximum absolute atomic E-state index is 4.43. The summed E-state index contributed by atoms with van der Waals surface area (Å²) < 4.78 is 0.895. The van der Waals surface area contributed by atoms with Crippen LogP contribution in [0.2, 0.25) is 0 Å². The molecule has 0 aliphatic carbocycles. The molecule has 1 aliphatic rings. The van der Waals surface area contributed by atoms with Crippen LogP contribution < -0.4 is 10.2 Å². The molecular formula is C11H17BrClN3. The number of likely N-dealkylation sites (N-methyl/N-ethyl adjacent to an activating group) is 1. The molecule has 0 amide bonds. The van der Waals surface area contributed by atoms with Crippen molar-refractivity contribution in [2.24, 2.45) is 0 Å². The number of pyridine rings is 1. The van der Waals surface area contributed by atoms with Crippen molar-refractivity contribution in [1.82, 2.24) is 10.3 Å². The first-order valence-electron chi connectivity index (χ1n) is 5.33. The smallest absolute Gasteiger partial charge is 0.129 e. The van der Waals surface area contributed by atoms with E-state index in [1.54, 1.807) is 0 Å². The molecule has 0 spiro atoms. The molecule has 2 heterocycles. The summed E-state index contributed by atoms with van der Waals surface area (Å²) in [5.41, 5.74) is 0. The Morgan fingerprint density at radius 1 is 1.56 bits per heavy atom. The highest BCUT2D eigenvalue weighted by molar-refractivity contribution is 9.10. The van der Waals surface area contributed by atoms with Gasteiger partial charge in [0.05, 0.1) is 0 Å². The number of halogens is 2. The molecule has 1 aliphatic heterocycles. The minimum Gasteiger partial charge on any atom is -0.358 e. The summed E-state index contributed by atoms with van der Waals surface area (Å²) in [5.74, 6) is 1.03. The van der Waals surface area contributed by atoms with Crippen LogP contribution in [-0.2, 0) is 0 Å². The molecule has 90 valence electrons. The van der Waals surface area contributed by atoms with Gasteiger partial charge in [0.15, 0.2) is 0 Å². The average Bonchev–Trinajstić information content (AvgIpc) is 2.70. The molecule has 1 saturated heterocycles. The van der Waals surface area contributed by atoms with Gasteiger partial charge in [-0.25, -0.2) is 4.98 Å². The standard InChI is InChI=1S/C11H16BrN3.ClH/c1-15(8-9-4-3-7-13-9)11-6-2-5-10(12)14-11;/h2,5-6,9,13H,3-4,7-8H2,1H3;1H. The van der Waals surface area contributed by atoms with Crippen molar-refractivity contribution >= 4 is 34.2 Å². The highest BCUT2D eigenvalue weighted by Gasteiger charge is 2.16. The number of nitrogens with zero attached hydrogens (tertiary/aromatic N) is 2. The zero-order valence-electron chi connectivity index (χ0n) is 9.32. The zero-order valence-corrected chi connectivity index (χ0v) is 11.7. The topological polar surface area (TPSA) is 28.2 Å². The number of nitrogens with one attached hydrogen (secondary N) is 1. The molecule has 1 fully saturated rings. The van der Waals surface area contributed by atoms with Gasteiger partial charge in [-0.05, 0) is 47.4 Å². The summed E-state index contributed by atoms with van der Waals surface area (Å²) in [5, 5.41) is 3.49. The van der Waals surface area contributed by atoms with Crippen molar-refractivity contribution in [3.8, 4) is 0 Å². The first-order chi connectivity index (χ1) is 7.25. The lowest BCUT2D eigenvalue weighted by Gasteiger charge is -2.22. The highest BCUT2D eigenvalue weighted by Crippen LogP contribution is 2.15. The first kappa shape index (κ1) is 13.7. The van der Waals surface area contributed by atoms with E-state index in [9.17, 15) is 0 Å². The first-order valence-corrected chi connectivity index (χ1v) is 6.12. The molecule has 1 aromatic heterocycles. The van der Waals surface area contributed by atoms with Crippen molar-refractivity contribution < 1.29 is 0 Å². The Morgan fingerprint density at radius 3 is 3.00 bits per heavy atom. The lowest BCUT2D eigenvalue weighted by atomic mass is 10.2. The van der Waals surface area contributed by atoms with Gasteiger partial charge in [0.25, 0.3) is 0 Å². The maximum atomic E-state index is 4.43. The second-order valence-electron chi connectivity index (χ2n) is 3.99. The fourth-order valence-electron chi connectivity index (χ4n) is 1.95. The van der Waals surface area contributed by atoms with Crippen molar-refractivity contribution in [2.75, 3.05) is 25.0 Å². The van der Waals surface area contributed by atoms with Crippen LogP contribution in [0.25, 0.3) is 0 Å². The molecule has 5 heteroatoms. The van der Waals surface area contributed by atoms with E-state index in [1.807, 2.05) is 18.2 Å². The van der Waals surface area contributed by atoms with Crippen LogP contribution >= 0.6 is 28.3 Å². The van der Waals surface area contributed by atoms with E-state index in [0.29, 0.717) is 6.04 Å². The van der Waals surface area contributed by atoms with E-state index >= 15 is 0 Å². The molecule has 2 rings (SSSR count). The van der Waals surface area contributed by atoms with Crippen molar-refractivity contribution in [2.45, 2.75) is 18.9 Å². The molecule has 3 nitrogen and oxygen atoms in total. The summed E-state index contributed by atoms with van der Waals surface area (Å²) >= 11 is 3.39. The van der Waals surface area contributed by atoms with Crippen LogP contribution in [0.3, 0.4) is 0 Å². The van der Waals surface area contributed by atoms with Gasteiger partial charge in [-0.15, -0.1) is 12.4 Å². The minimum absolute atomic E-state index is 0. The molecule has 1 atom stereocenters. The Kier molecular flexibility index (Phi) is 5.52. The quantitative estimate of drug-likeness (QED) is 0.870. The molecule has 0 bridgehead atoms. The number of anilines is 1. The summed E-state index contributed by atoms with van der Waals surface area (Å²) in [6, 6.07) is 6.63. The van der Waals surface area contributed by atoms with Gasteiger partial charge in [0, 0.05) is 19.6 Å². The third-order valence-corrected chi connectivity index (χ3v) is 3.19. The molecule has 16 heavy (non-hydrogen) atoms. The van der Waals surface area contributed by atoms with Gasteiger partial charge in [0.2, 0.25) is 0 Å². The number of hydrogen-bond acceptors (Lipinski definition) is 3. The normalized spacial score (nSPS) is 19.2. The van der Waals surface area contributed by atoms with Gasteiger partial charge in [0.1, 0.15) is 10.4 Å². The predicted octanol–water partition coefficient (Wildman–Crippen LogP) is 2.45. The predicted molar refractivity (Wildman–Crippen MR) is 73.5 cm³/mol. The lowest BCUT2D eigenvalue weighted by molar-refractivity contribution is 0.597. The van der Waals surface area contributed by atoms with E-state index < -0.39 is 0 Å². The van der Waals surface area contributed by atoms with Crippen molar-refractivity contribution in [3.63, 3.8) is 0 Å². The Bertz CT molecular complexity index is 329. The molecule has 0 radical (unpaired) electrons. The van der Waals surface area contributed by atoms with Crippen molar-refractivity contribution in [3.05, 3.63) is 22.8 Å². The number of rotatable bonds is 3. The molecular weight excluding hydrogens is 289 g/mol. The fourth-order valence-corrected chi connectivity index (χ4v) is 2.28. The zero-order chi connectivity index (χ0) is 10.7. The third-order valence-electron chi connectivity index (χ3n) is 2.75. The van der Waals surface area contributed by atoms with Crippen LogP contribution in [0.15, 0.2) is 22.8 Å². The van der Waals surface area contributed by atoms with Gasteiger partial charge in [-0.1, -0.05) is 6.07 Å². The average molecular weight is 307 g/mol. The summed E-state index contributed by atoms with van der Waals surface area (Å²) in [6.07, 6.45) is 2.57. The van der Waals surface area contributed by atoms with E-state index in [0.717, 1.165) is 23.5 Å². The molecule has 1 N–H and O–H groups in total. The summed E-state index contributed by atoms with van der Waals surface area (Å²) in [7, 11) is 2.09. The third kappa shape index (κ3) is 3.61. The van der Waals surface area contributed by atoms with Gasteiger partial charge in [-0.3, -0.25) is 0 Å². The lowest BCUT2D eigenvalue weighted by Crippen LogP contribution is -2.35. The van der Waals surface area contributed by atoms with E-state index in [2.05, 4.69) is 38.2 Å². The molecule has 1 aromatic rings. The molecule has 1 unspecified atom stereocenters. The van der Waals surface area contributed by atoms with Crippen LogP contribution in [0.1, 0.15) is 12.8 Å². The monoisotopic (exact) mass is 305 g/mol. The minimum atomic E-state index is 0. The van der Waals surface area contributed by atoms with Crippen LogP contribution in [0, 0.1) is 0 Å². The number of aromatic nitrogens is 1. The van der Waals surface area contributed by atoms with E-state index in [1.165, 1.54) is 12.8 Å². The molecule has 0 saturated carbocycles. The number of hydrogen-bond donors (Lipinski definition) is 1. The second kappa shape index (κ2) is 6.42. The Balaban J connectivity index is 0.00000128. The largest absolute Gasteiger partial charge is 0.358 e. The SMILES string of the molecule is CN(CC1CCCN1)c1cccc(Br)n1.Cl. The Morgan fingerprint density at radius 2 is 2.38 bits per heavy atom. The highest BCUT2D eigenvalue weighted by atomic mass is 79.9. The van der Waals surface area contributed by atoms with E-state index in [-0.39, 0.29) is 12.4 Å². The Labute approximate surface area is 111 Å². The van der Waals surface area contributed by atoms with Crippen LogP contribution in [0.5, 0.6) is 0 Å². The van der Waals surface area contributed by atoms with Crippen LogP contribution in [-0.4, -0.2) is 31.2 Å². The maximum Gasteiger partial charge on any atom is 0.129 e. The van der Waals surface area contributed by atoms with Gasteiger partial charge in [-0.2, -0.15) is 0 Å². The summed E-state index contributed by atoms with van der Waals surface area (Å²) in [4.78, 5) is 6.63. The second-order valence-corrected chi connectivity index (χ2v) is 4.80. The fraction of sp³-hybridized carbons (Fsp3) is 0.545. The Hall–Kier alpha value is -0.320. The molecule has 0 aromatic carbocycles. The van der Waals surface area contributed by atoms with Gasteiger partial charge >= 0.3 is 0 Å². The summed E-state index contributed by atoms with van der Waals surface area (Å²) in [6.45, 7) is 2.19. The van der Waals surface area contributed by atoms with Crippen molar-refractivity contribution in [1.29, 1.82) is 0 Å². The van der Waals surface area contributed by atoms with E-state index in [4.69, 9.17) is 0 Å². The van der Waals surface area contributed by atoms with Crippen LogP contribution in [0.4, 0.5) is 5.82 Å². The van der Waals surface area contributed by atoms with Gasteiger partial charge < -0.3 is 10.2 Å².